The molecule has 21 heavy (non-hydrogen) atoms. The van der Waals surface area contributed by atoms with E-state index in [1.165, 1.54) is 16.4 Å². The van der Waals surface area contributed by atoms with Gasteiger partial charge in [-0.05, 0) is 24.6 Å². The molecule has 1 aromatic carbocycles. The van der Waals surface area contributed by atoms with E-state index in [2.05, 4.69) is 15.5 Å². The molecule has 0 saturated heterocycles. The zero-order chi connectivity index (χ0) is 15.2. The van der Waals surface area contributed by atoms with E-state index in [1.54, 1.807) is 14.0 Å². The third-order valence-electron chi connectivity index (χ3n) is 2.79. The molecule has 1 amide bonds. The molecular formula is C13H17N5O2S. The van der Waals surface area contributed by atoms with Gasteiger partial charge in [-0.1, -0.05) is 23.9 Å². The first-order chi connectivity index (χ1) is 10.1. The molecule has 0 unspecified atom stereocenters. The Balaban J connectivity index is 1.80. The van der Waals surface area contributed by atoms with Crippen LogP contribution in [-0.4, -0.2) is 33.6 Å². The number of aryl methyl sites for hydroxylation is 1. The van der Waals surface area contributed by atoms with Crippen LogP contribution in [-0.2, 0) is 11.3 Å². The fourth-order valence-electron chi connectivity index (χ4n) is 1.61. The normalized spacial score (nSPS) is 10.4. The standard InChI is InChI=1S/C13H17N5O2S/c1-9-16-17-13(18(9)14)21-8-12(19)15-7-10-4-3-5-11(6-10)20-2/h3-6H,7-8,14H2,1-2H3,(H,15,19). The van der Waals surface area contributed by atoms with Crippen LogP contribution in [0.5, 0.6) is 5.75 Å². The Morgan fingerprint density at radius 3 is 2.95 bits per heavy atom. The first kappa shape index (κ1) is 15.2. The minimum Gasteiger partial charge on any atom is -0.497 e. The van der Waals surface area contributed by atoms with E-state index in [0.29, 0.717) is 17.5 Å². The van der Waals surface area contributed by atoms with E-state index >= 15 is 0 Å². The van der Waals surface area contributed by atoms with Crippen LogP contribution in [0.25, 0.3) is 0 Å². The van der Waals surface area contributed by atoms with Crippen molar-refractivity contribution in [2.75, 3.05) is 18.7 Å². The molecule has 0 bridgehead atoms. The summed E-state index contributed by atoms with van der Waals surface area (Å²) in [6.07, 6.45) is 0. The summed E-state index contributed by atoms with van der Waals surface area (Å²) < 4.78 is 6.49. The number of hydrogen-bond acceptors (Lipinski definition) is 6. The highest BCUT2D eigenvalue weighted by Gasteiger charge is 2.09. The summed E-state index contributed by atoms with van der Waals surface area (Å²) in [7, 11) is 1.61. The van der Waals surface area contributed by atoms with Crippen LogP contribution in [0.2, 0.25) is 0 Å². The van der Waals surface area contributed by atoms with Crippen molar-refractivity contribution in [3.63, 3.8) is 0 Å². The Hall–Kier alpha value is -2.22. The van der Waals surface area contributed by atoms with Gasteiger partial charge in [-0.25, -0.2) is 4.68 Å². The third-order valence-corrected chi connectivity index (χ3v) is 3.73. The van der Waals surface area contributed by atoms with Gasteiger partial charge >= 0.3 is 0 Å². The molecule has 8 heteroatoms. The number of methoxy groups -OCH3 is 1. The Morgan fingerprint density at radius 1 is 1.48 bits per heavy atom. The van der Waals surface area contributed by atoms with Crippen molar-refractivity contribution < 1.29 is 9.53 Å². The van der Waals surface area contributed by atoms with Crippen LogP contribution in [0, 0.1) is 6.92 Å². The number of benzene rings is 1. The number of carbonyl (C=O) groups is 1. The predicted octanol–water partition coefficient (Wildman–Crippen LogP) is 0.717. The zero-order valence-electron chi connectivity index (χ0n) is 11.9. The van der Waals surface area contributed by atoms with Crippen LogP contribution in [0.1, 0.15) is 11.4 Å². The van der Waals surface area contributed by atoms with Gasteiger partial charge in [0.25, 0.3) is 0 Å². The van der Waals surface area contributed by atoms with Crippen LogP contribution < -0.4 is 15.9 Å². The highest BCUT2D eigenvalue weighted by Crippen LogP contribution is 2.14. The van der Waals surface area contributed by atoms with Gasteiger partial charge in [0.15, 0.2) is 0 Å². The summed E-state index contributed by atoms with van der Waals surface area (Å²) >= 11 is 1.25. The fraction of sp³-hybridized carbons (Fsp3) is 0.308. The Labute approximate surface area is 126 Å². The average Bonchev–Trinajstić information content (AvgIpc) is 2.83. The second-order valence-electron chi connectivity index (χ2n) is 4.32. The number of thioether (sulfide) groups is 1. The van der Waals surface area contributed by atoms with Crippen molar-refractivity contribution in [3.05, 3.63) is 35.7 Å². The smallest absolute Gasteiger partial charge is 0.230 e. The Kier molecular flexibility index (Phi) is 5.04. The van der Waals surface area contributed by atoms with Gasteiger partial charge in [0.1, 0.15) is 11.6 Å². The monoisotopic (exact) mass is 307 g/mol. The van der Waals surface area contributed by atoms with E-state index in [4.69, 9.17) is 10.6 Å². The number of carbonyl (C=O) groups excluding carboxylic acids is 1. The van der Waals surface area contributed by atoms with Gasteiger partial charge in [0, 0.05) is 6.54 Å². The van der Waals surface area contributed by atoms with E-state index < -0.39 is 0 Å². The maximum Gasteiger partial charge on any atom is 0.230 e. The summed E-state index contributed by atoms with van der Waals surface area (Å²) in [4.78, 5) is 11.8. The van der Waals surface area contributed by atoms with E-state index in [9.17, 15) is 4.79 Å². The van der Waals surface area contributed by atoms with Crippen molar-refractivity contribution in [2.45, 2.75) is 18.6 Å². The maximum absolute atomic E-state index is 11.8. The molecule has 7 nitrogen and oxygen atoms in total. The summed E-state index contributed by atoms with van der Waals surface area (Å²) in [6.45, 7) is 2.20. The molecule has 0 spiro atoms. The van der Waals surface area contributed by atoms with Gasteiger partial charge in [-0.2, -0.15) is 0 Å². The highest BCUT2D eigenvalue weighted by molar-refractivity contribution is 7.99. The summed E-state index contributed by atoms with van der Waals surface area (Å²) in [6, 6.07) is 7.55. The van der Waals surface area contributed by atoms with Crippen molar-refractivity contribution in [1.82, 2.24) is 20.2 Å². The van der Waals surface area contributed by atoms with Gasteiger partial charge in [0.05, 0.1) is 12.9 Å². The Bertz CT molecular complexity index is 629. The van der Waals surface area contributed by atoms with Crippen LogP contribution in [0.4, 0.5) is 0 Å². The molecule has 3 N–H and O–H groups in total. The average molecular weight is 307 g/mol. The zero-order valence-corrected chi connectivity index (χ0v) is 12.7. The number of ether oxygens (including phenoxy) is 1. The molecule has 0 aliphatic rings. The van der Waals surface area contributed by atoms with Crippen molar-refractivity contribution >= 4 is 17.7 Å². The summed E-state index contributed by atoms with van der Waals surface area (Å²) in [5.74, 6) is 7.22. The van der Waals surface area contributed by atoms with E-state index in [1.807, 2.05) is 24.3 Å². The van der Waals surface area contributed by atoms with E-state index in [-0.39, 0.29) is 11.7 Å². The number of rotatable bonds is 6. The molecule has 1 aromatic heterocycles. The quantitative estimate of drug-likeness (QED) is 0.603. The molecule has 2 rings (SSSR count). The van der Waals surface area contributed by atoms with Crippen molar-refractivity contribution in [1.29, 1.82) is 0 Å². The SMILES string of the molecule is COc1cccc(CNC(=O)CSc2nnc(C)n2N)c1. The lowest BCUT2D eigenvalue weighted by Crippen LogP contribution is -2.25. The van der Waals surface area contributed by atoms with Crippen molar-refractivity contribution in [3.8, 4) is 5.75 Å². The molecular weight excluding hydrogens is 290 g/mol. The molecule has 112 valence electrons. The first-order valence-corrected chi connectivity index (χ1v) is 7.28. The lowest BCUT2D eigenvalue weighted by atomic mass is 10.2. The number of hydrogen-bond donors (Lipinski definition) is 2. The number of aromatic nitrogens is 3. The van der Waals surface area contributed by atoms with E-state index in [0.717, 1.165) is 11.3 Å². The highest BCUT2D eigenvalue weighted by atomic mass is 32.2. The molecule has 0 atom stereocenters. The number of amides is 1. The predicted molar refractivity (Wildman–Crippen MR) is 80.5 cm³/mol. The maximum atomic E-state index is 11.8. The lowest BCUT2D eigenvalue weighted by Gasteiger charge is -2.06. The number of nitrogen functional groups attached to an aromatic ring is 1. The largest absolute Gasteiger partial charge is 0.497 e. The Morgan fingerprint density at radius 2 is 2.29 bits per heavy atom. The first-order valence-electron chi connectivity index (χ1n) is 6.29. The molecule has 2 aromatic rings. The number of nitrogens with zero attached hydrogens (tertiary/aromatic N) is 3. The van der Waals surface area contributed by atoms with Crippen molar-refractivity contribution in [2.24, 2.45) is 0 Å². The van der Waals surface area contributed by atoms with Gasteiger partial charge in [-0.3, -0.25) is 4.79 Å². The fourth-order valence-corrected chi connectivity index (χ4v) is 2.34. The molecule has 0 aliphatic carbocycles. The molecule has 0 radical (unpaired) electrons. The van der Waals surface area contributed by atoms with Crippen LogP contribution in [0.3, 0.4) is 0 Å². The van der Waals surface area contributed by atoms with Gasteiger partial charge in [0.2, 0.25) is 11.1 Å². The second-order valence-corrected chi connectivity index (χ2v) is 5.26. The minimum atomic E-state index is -0.0940. The summed E-state index contributed by atoms with van der Waals surface area (Å²) in [5, 5.41) is 11.1. The number of nitrogens with two attached hydrogens (primary N) is 1. The lowest BCUT2D eigenvalue weighted by molar-refractivity contribution is -0.118. The topological polar surface area (TPSA) is 95.1 Å². The third kappa shape index (κ3) is 4.12. The molecule has 1 heterocycles. The molecule has 0 saturated carbocycles. The van der Waals surface area contributed by atoms with Crippen LogP contribution >= 0.6 is 11.8 Å². The van der Waals surface area contributed by atoms with Gasteiger partial charge in [-0.15, -0.1) is 10.2 Å². The molecule has 0 aliphatic heterocycles. The molecule has 0 fully saturated rings. The summed E-state index contributed by atoms with van der Waals surface area (Å²) in [5.41, 5.74) is 0.977. The number of nitrogens with one attached hydrogen (secondary N) is 1. The minimum absolute atomic E-state index is 0.0940. The van der Waals surface area contributed by atoms with Crippen LogP contribution in [0.15, 0.2) is 29.4 Å². The second kappa shape index (κ2) is 6.98. The van der Waals surface area contributed by atoms with Gasteiger partial charge < -0.3 is 15.9 Å².